The number of carbonyl (C=O) groups is 3. The molecular weight excluding hydrogens is 344 g/mol. The smallest absolute Gasteiger partial charge is 0.318 e. The summed E-state index contributed by atoms with van der Waals surface area (Å²) in [5, 5.41) is 14.3. The topological polar surface area (TPSA) is 95.8 Å². The van der Waals surface area contributed by atoms with Crippen LogP contribution >= 0.6 is 11.6 Å². The fourth-order valence-electron chi connectivity index (χ4n) is 4.22. The molecule has 0 aromatic heterocycles. The highest BCUT2D eigenvalue weighted by Crippen LogP contribution is 2.69. The molecule has 2 fully saturated rings. The Labute approximate surface area is 150 Å². The van der Waals surface area contributed by atoms with Gasteiger partial charge in [-0.05, 0) is 42.5 Å². The number of carboxylic acid groups (broad SMARTS) is 1. The van der Waals surface area contributed by atoms with Gasteiger partial charge in [0.1, 0.15) is 11.1 Å². The fraction of sp³-hybridized carbons (Fsp3) is 0.444. The Morgan fingerprint density at radius 1 is 1.16 bits per heavy atom. The molecule has 2 bridgehead atoms. The monoisotopic (exact) mass is 362 g/mol. The summed E-state index contributed by atoms with van der Waals surface area (Å²) >= 11 is 5.79. The van der Waals surface area contributed by atoms with Crippen molar-refractivity contribution >= 4 is 35.0 Å². The Bertz CT molecular complexity index is 815. The molecule has 1 aromatic carbocycles. The Balaban J connectivity index is 1.94. The summed E-state index contributed by atoms with van der Waals surface area (Å²) in [5.41, 5.74) is -0.0956. The third-order valence-electron chi connectivity index (χ3n) is 6.31. The molecule has 0 spiro atoms. The fourth-order valence-corrected chi connectivity index (χ4v) is 4.34. The molecule has 0 radical (unpaired) electrons. The van der Waals surface area contributed by atoms with Gasteiger partial charge in [-0.2, -0.15) is 5.10 Å². The summed E-state index contributed by atoms with van der Waals surface area (Å²) in [6.45, 7) is 5.42. The third kappa shape index (κ3) is 2.10. The molecule has 2 atom stereocenters. The van der Waals surface area contributed by atoms with Crippen molar-refractivity contribution in [3.8, 4) is 0 Å². The number of halogens is 1. The van der Waals surface area contributed by atoms with E-state index in [1.54, 1.807) is 38.1 Å². The zero-order valence-electron chi connectivity index (χ0n) is 14.2. The second-order valence-electron chi connectivity index (χ2n) is 7.40. The van der Waals surface area contributed by atoms with Crippen molar-refractivity contribution in [2.24, 2.45) is 21.3 Å². The van der Waals surface area contributed by atoms with Crippen LogP contribution in [0.2, 0.25) is 5.02 Å². The molecule has 0 heterocycles. The Morgan fingerprint density at radius 2 is 1.76 bits per heavy atom. The molecule has 25 heavy (non-hydrogen) atoms. The number of Topliss-reactive ketones (excluding diaryl/α,β-unsaturated/α-hetero) is 1. The maximum absolute atomic E-state index is 12.9. The highest BCUT2D eigenvalue weighted by atomic mass is 35.5. The SMILES string of the molecule is CC1(C)[C@@]2(C(=O)O)CC[C@@]1(C)/C(=N/NC(=O)c1ccc(Cl)cc1)C2=O. The van der Waals surface area contributed by atoms with Crippen molar-refractivity contribution in [1.82, 2.24) is 5.43 Å². The number of nitrogens with one attached hydrogen (secondary N) is 1. The van der Waals surface area contributed by atoms with Crippen molar-refractivity contribution in [2.45, 2.75) is 33.6 Å². The van der Waals surface area contributed by atoms with Crippen molar-refractivity contribution in [2.75, 3.05) is 0 Å². The first-order chi connectivity index (χ1) is 11.6. The number of rotatable bonds is 3. The van der Waals surface area contributed by atoms with E-state index in [2.05, 4.69) is 10.5 Å². The van der Waals surface area contributed by atoms with Crippen LogP contribution in [0, 0.1) is 16.2 Å². The lowest BCUT2D eigenvalue weighted by atomic mass is 9.65. The lowest BCUT2D eigenvalue weighted by Crippen LogP contribution is -2.44. The predicted octanol–water partition coefficient (Wildman–Crippen LogP) is 2.91. The summed E-state index contributed by atoms with van der Waals surface area (Å²) in [5.74, 6) is -2.11. The minimum Gasteiger partial charge on any atom is -0.480 e. The third-order valence-corrected chi connectivity index (χ3v) is 6.56. The number of amides is 1. The van der Waals surface area contributed by atoms with Crippen LogP contribution in [-0.2, 0) is 9.59 Å². The zero-order valence-corrected chi connectivity index (χ0v) is 15.0. The van der Waals surface area contributed by atoms with Gasteiger partial charge in [-0.3, -0.25) is 14.4 Å². The number of fused-ring (bicyclic) bond motifs is 2. The van der Waals surface area contributed by atoms with Crippen LogP contribution < -0.4 is 5.43 Å². The van der Waals surface area contributed by atoms with Crippen LogP contribution in [-0.4, -0.2) is 28.5 Å². The second-order valence-corrected chi connectivity index (χ2v) is 7.84. The predicted molar refractivity (Wildman–Crippen MR) is 92.6 cm³/mol. The maximum atomic E-state index is 12.9. The van der Waals surface area contributed by atoms with E-state index in [0.29, 0.717) is 17.0 Å². The van der Waals surface area contributed by atoms with E-state index >= 15 is 0 Å². The molecule has 0 unspecified atom stereocenters. The van der Waals surface area contributed by atoms with Crippen molar-refractivity contribution in [3.63, 3.8) is 0 Å². The number of carbonyl (C=O) groups excluding carboxylic acids is 2. The lowest BCUT2D eigenvalue weighted by Gasteiger charge is -2.36. The molecule has 2 saturated carbocycles. The first-order valence-electron chi connectivity index (χ1n) is 8.00. The van der Waals surface area contributed by atoms with Gasteiger partial charge in [0.2, 0.25) is 0 Å². The molecule has 132 valence electrons. The maximum Gasteiger partial charge on any atom is 0.318 e. The number of nitrogens with zero attached hydrogens (tertiary/aromatic N) is 1. The summed E-state index contributed by atoms with van der Waals surface area (Å²) in [7, 11) is 0. The largest absolute Gasteiger partial charge is 0.480 e. The number of hydrogen-bond donors (Lipinski definition) is 2. The number of hydrazone groups is 1. The van der Waals surface area contributed by atoms with Crippen molar-refractivity contribution < 1.29 is 19.5 Å². The van der Waals surface area contributed by atoms with Crippen LogP contribution in [0.25, 0.3) is 0 Å². The van der Waals surface area contributed by atoms with Crippen LogP contribution in [0.4, 0.5) is 0 Å². The first-order valence-corrected chi connectivity index (χ1v) is 8.38. The number of aliphatic carboxylic acids is 1. The van der Waals surface area contributed by atoms with Gasteiger partial charge in [-0.15, -0.1) is 0 Å². The Hall–Kier alpha value is -2.21. The molecule has 2 aliphatic carbocycles. The molecule has 6 nitrogen and oxygen atoms in total. The first kappa shape index (κ1) is 17.6. The van der Waals surface area contributed by atoms with Gasteiger partial charge < -0.3 is 5.11 Å². The average molecular weight is 363 g/mol. The lowest BCUT2D eigenvalue weighted by molar-refractivity contribution is -0.158. The standard InChI is InChI=1S/C18H19ClN2O4/c1-16(2)17(3)8-9-18(16,15(24)25)13(22)12(17)20-21-14(23)10-4-6-11(19)7-5-10/h4-7H,8-9H2,1-3H3,(H,21,23)(H,24,25)/b20-12+/t17-,18-/m0/s1. The minimum absolute atomic E-state index is 0.133. The Morgan fingerprint density at radius 3 is 2.28 bits per heavy atom. The van der Waals surface area contributed by atoms with Gasteiger partial charge in [-0.1, -0.05) is 32.4 Å². The molecule has 2 N–H and O–H groups in total. The van der Waals surface area contributed by atoms with E-state index in [-0.39, 0.29) is 12.1 Å². The van der Waals surface area contributed by atoms with E-state index in [4.69, 9.17) is 11.6 Å². The highest BCUT2D eigenvalue weighted by Gasteiger charge is 2.77. The summed E-state index contributed by atoms with van der Waals surface area (Å²) in [4.78, 5) is 37.0. The molecule has 1 amide bonds. The van der Waals surface area contributed by atoms with Gasteiger partial charge in [0, 0.05) is 16.0 Å². The molecular formula is C18H19ClN2O4. The highest BCUT2D eigenvalue weighted by molar-refractivity contribution is 6.50. The van der Waals surface area contributed by atoms with Gasteiger partial charge in [0.05, 0.1) is 0 Å². The van der Waals surface area contributed by atoms with Crippen LogP contribution in [0.5, 0.6) is 0 Å². The summed E-state index contributed by atoms with van der Waals surface area (Å²) in [6, 6.07) is 6.25. The van der Waals surface area contributed by atoms with Crippen LogP contribution in [0.3, 0.4) is 0 Å². The van der Waals surface area contributed by atoms with Crippen LogP contribution in [0.1, 0.15) is 44.0 Å². The number of benzene rings is 1. The summed E-state index contributed by atoms with van der Waals surface area (Å²) in [6.07, 6.45) is 0.822. The number of ketones is 1. The van der Waals surface area contributed by atoms with Gasteiger partial charge in [0.15, 0.2) is 5.78 Å². The van der Waals surface area contributed by atoms with E-state index in [9.17, 15) is 19.5 Å². The molecule has 1 aromatic rings. The second kappa shape index (κ2) is 5.39. The quantitative estimate of drug-likeness (QED) is 0.638. The van der Waals surface area contributed by atoms with Gasteiger partial charge in [-0.25, -0.2) is 5.43 Å². The number of hydrogen-bond acceptors (Lipinski definition) is 4. The van der Waals surface area contributed by atoms with Crippen LogP contribution in [0.15, 0.2) is 29.4 Å². The van der Waals surface area contributed by atoms with E-state index in [0.717, 1.165) is 0 Å². The average Bonchev–Trinajstić information content (AvgIpc) is 2.82. The van der Waals surface area contributed by atoms with E-state index in [1.807, 2.05) is 6.92 Å². The van der Waals surface area contributed by atoms with Crippen molar-refractivity contribution in [3.05, 3.63) is 34.9 Å². The molecule has 0 aliphatic heterocycles. The normalized spacial score (nSPS) is 31.4. The number of carboxylic acids is 1. The Kier molecular flexibility index (Phi) is 3.80. The van der Waals surface area contributed by atoms with Crippen molar-refractivity contribution in [1.29, 1.82) is 0 Å². The van der Waals surface area contributed by atoms with E-state index in [1.165, 1.54) is 0 Å². The zero-order chi connectivity index (χ0) is 18.6. The molecule has 0 saturated heterocycles. The summed E-state index contributed by atoms with van der Waals surface area (Å²) < 4.78 is 0. The van der Waals surface area contributed by atoms with Gasteiger partial charge >= 0.3 is 5.97 Å². The van der Waals surface area contributed by atoms with E-state index < -0.39 is 33.9 Å². The van der Waals surface area contributed by atoms with Gasteiger partial charge in [0.25, 0.3) is 5.91 Å². The molecule has 7 heteroatoms. The minimum atomic E-state index is -1.48. The molecule has 2 aliphatic rings. The molecule has 3 rings (SSSR count).